The van der Waals surface area contributed by atoms with Gasteiger partial charge in [-0.25, -0.2) is 0 Å². The van der Waals surface area contributed by atoms with Crippen LogP contribution < -0.4 is 29.7 Å². The Labute approximate surface area is 634 Å². The first kappa shape index (κ1) is 91.5. The highest BCUT2D eigenvalue weighted by Crippen LogP contribution is 2.36. The minimum atomic E-state index is 0.250. The van der Waals surface area contributed by atoms with E-state index in [1.54, 1.807) is 21.3 Å². The van der Waals surface area contributed by atoms with Crippen molar-refractivity contribution in [3.8, 4) is 17.2 Å². The largest absolute Gasteiger partial charge is 0.496 e. The van der Waals surface area contributed by atoms with Gasteiger partial charge in [0.25, 0.3) is 0 Å². The summed E-state index contributed by atoms with van der Waals surface area (Å²) in [5.74, 6) is 5.36. The lowest BCUT2D eigenvalue weighted by molar-refractivity contribution is 0.0657. The number of nitrogens with zero attached hydrogens (tertiary/aromatic N) is 3. The fraction of sp³-hybridized carbons (Fsp3) is 0.461. The normalized spacial score (nSPS) is 12.2. The number of rotatable bonds is 24. The molecular formula is C89H130Cl3N5O5. The standard InChI is InChI=1S/C17H28N2O2.C11H17NO.C11H16.C10H12Cl2.C10H13Cl.C10H15NO.C10H15N.C10H14O/c1-14(2)17(15-6-4-5-7-16(15)21-3)19-10-8-18(9-11-19)12-13-20;1-9(2)12(3)10-7-5-6-8-11(10)13-4;1-9(2)8-11-7-5-4-6-10(11)3;1-7(2)6-8-9(11)4-3-5-10(8)12;1-8(2)7-9-5-3-4-6-10(9)11;1-8(2)11-9-6-4-5-7-10(9)12-3;2*1-9(2)11-8-10-6-4-3-5-7-10/h4-7,14,17,20H,8-13H2,1-3H3;5-9H,1-4H3;4-7,9H,8H2,1-3H3;3-5,7H,6H2,1-2H3;3-6,8H,7H2,1-2H3;4-8,11H,1-3H3;3-7,9,11H,8H2,1-2H3;3-7,9H,8H2,1-2H3. The van der Waals surface area contributed by atoms with Crippen LogP contribution in [0, 0.1) is 30.6 Å². The number of benzene rings is 8. The molecule has 9 rings (SSSR count). The maximum absolute atomic E-state index is 9.06. The fourth-order valence-corrected chi connectivity index (χ4v) is 11.6. The predicted molar refractivity (Wildman–Crippen MR) is 443 cm³/mol. The monoisotopic (exact) mass is 1450 g/mol. The number of para-hydroxylation sites is 5. The number of aliphatic hydroxyl groups is 1. The third kappa shape index (κ3) is 38.8. The second kappa shape index (κ2) is 53.2. The van der Waals surface area contributed by atoms with Crippen LogP contribution in [-0.4, -0.2) is 107 Å². The molecule has 562 valence electrons. The maximum atomic E-state index is 9.06. The minimum absolute atomic E-state index is 0.250. The van der Waals surface area contributed by atoms with Crippen molar-refractivity contribution in [1.82, 2.24) is 15.1 Å². The van der Waals surface area contributed by atoms with Gasteiger partial charge in [0.15, 0.2) is 0 Å². The molecule has 1 aliphatic heterocycles. The van der Waals surface area contributed by atoms with Gasteiger partial charge in [-0.05, 0) is 173 Å². The Bertz CT molecular complexity index is 3280. The summed E-state index contributed by atoms with van der Waals surface area (Å²) in [6, 6.07) is 69.1. The zero-order valence-corrected chi connectivity index (χ0v) is 68.4. The van der Waals surface area contributed by atoms with Gasteiger partial charge in [-0.15, -0.1) is 0 Å². The number of aliphatic hydroxyl groups excluding tert-OH is 1. The summed E-state index contributed by atoms with van der Waals surface area (Å²) in [5, 5.41) is 18.2. The van der Waals surface area contributed by atoms with E-state index < -0.39 is 0 Å². The fourth-order valence-electron chi connectivity index (χ4n) is 10.8. The lowest BCUT2D eigenvalue weighted by atomic mass is 9.93. The van der Waals surface area contributed by atoms with Crippen molar-refractivity contribution in [2.75, 3.05) is 77.9 Å². The molecule has 0 aromatic heterocycles. The number of nitrogens with one attached hydrogen (secondary N) is 2. The van der Waals surface area contributed by atoms with E-state index in [0.29, 0.717) is 48.0 Å². The second-order valence-electron chi connectivity index (χ2n) is 28.3. The van der Waals surface area contributed by atoms with Crippen molar-refractivity contribution >= 4 is 46.2 Å². The molecular weight excluding hydrogens is 1330 g/mol. The average molecular weight is 1460 g/mol. The molecule has 102 heavy (non-hydrogen) atoms. The number of anilines is 2. The smallest absolute Gasteiger partial charge is 0.142 e. The Morgan fingerprint density at radius 3 is 1.42 bits per heavy atom. The first-order chi connectivity index (χ1) is 48.6. The van der Waals surface area contributed by atoms with E-state index in [2.05, 4.69) is 221 Å². The van der Waals surface area contributed by atoms with Crippen molar-refractivity contribution in [2.24, 2.45) is 23.7 Å². The lowest BCUT2D eigenvalue weighted by Crippen LogP contribution is -2.49. The Morgan fingerprint density at radius 2 is 0.931 bits per heavy atom. The van der Waals surface area contributed by atoms with Gasteiger partial charge in [-0.2, -0.15) is 0 Å². The van der Waals surface area contributed by atoms with Crippen LogP contribution in [0.15, 0.2) is 200 Å². The number of hydrogen-bond donors (Lipinski definition) is 3. The molecule has 0 radical (unpaired) electrons. The highest BCUT2D eigenvalue weighted by molar-refractivity contribution is 6.36. The molecule has 1 aliphatic rings. The average Bonchev–Trinajstić information content (AvgIpc) is 0.817. The molecule has 0 bridgehead atoms. The van der Waals surface area contributed by atoms with E-state index in [-0.39, 0.29) is 6.61 Å². The molecule has 1 fully saturated rings. The molecule has 0 amide bonds. The maximum Gasteiger partial charge on any atom is 0.142 e. The van der Waals surface area contributed by atoms with E-state index in [9.17, 15) is 0 Å². The summed E-state index contributed by atoms with van der Waals surface area (Å²) < 4.78 is 21.4. The second-order valence-corrected chi connectivity index (χ2v) is 29.5. The molecule has 1 unspecified atom stereocenters. The van der Waals surface area contributed by atoms with Gasteiger partial charge in [0, 0.05) is 91.1 Å². The van der Waals surface area contributed by atoms with Crippen molar-refractivity contribution < 1.29 is 24.1 Å². The number of piperazine rings is 1. The number of halogens is 3. The third-order valence-electron chi connectivity index (χ3n) is 16.2. The van der Waals surface area contributed by atoms with Crippen LogP contribution in [0.1, 0.15) is 156 Å². The molecule has 13 heteroatoms. The van der Waals surface area contributed by atoms with Crippen LogP contribution in [0.5, 0.6) is 17.2 Å². The van der Waals surface area contributed by atoms with Crippen molar-refractivity contribution in [2.45, 2.75) is 180 Å². The zero-order chi connectivity index (χ0) is 75.9. The lowest BCUT2D eigenvalue weighted by Gasteiger charge is -2.41. The summed E-state index contributed by atoms with van der Waals surface area (Å²) >= 11 is 17.9. The van der Waals surface area contributed by atoms with Crippen molar-refractivity contribution in [1.29, 1.82) is 0 Å². The van der Waals surface area contributed by atoms with Gasteiger partial charge in [0.1, 0.15) is 17.2 Å². The predicted octanol–water partition coefficient (Wildman–Crippen LogP) is 22.8. The van der Waals surface area contributed by atoms with Crippen LogP contribution in [0.3, 0.4) is 0 Å². The highest BCUT2D eigenvalue weighted by atomic mass is 35.5. The summed E-state index contributed by atoms with van der Waals surface area (Å²) in [4.78, 5) is 7.07. The molecule has 1 saturated heterocycles. The minimum Gasteiger partial charge on any atom is -0.496 e. The molecule has 8 aromatic rings. The summed E-state index contributed by atoms with van der Waals surface area (Å²) in [7, 11) is 7.20. The topological polar surface area (TPSA) is 90.9 Å². The van der Waals surface area contributed by atoms with Crippen LogP contribution in [0.2, 0.25) is 15.1 Å². The van der Waals surface area contributed by atoms with Gasteiger partial charge in [0.05, 0.1) is 52.0 Å². The van der Waals surface area contributed by atoms with Crippen LogP contribution in [0.4, 0.5) is 11.4 Å². The van der Waals surface area contributed by atoms with Gasteiger partial charge < -0.3 is 39.6 Å². The van der Waals surface area contributed by atoms with Crippen LogP contribution in [-0.2, 0) is 37.2 Å². The third-order valence-corrected chi connectivity index (χ3v) is 17.3. The SMILES string of the molecule is CC(C)Cc1c(Cl)cccc1Cl.CC(C)Cc1ccccc1Cl.CC(C)NCc1ccccc1.CC(C)OCc1ccccc1.COc1ccccc1C(C(C)C)N1CCN(CCO)CC1.COc1ccccc1N(C)C(C)C.COc1ccccc1NC(C)C.Cc1ccccc1CC(C)C. The molecule has 1 heterocycles. The quantitative estimate of drug-likeness (QED) is 0.0543. The van der Waals surface area contributed by atoms with Gasteiger partial charge in [-0.1, -0.05) is 256 Å². The Hall–Kier alpha value is -6.57. The first-order valence-corrected chi connectivity index (χ1v) is 37.9. The molecule has 0 aliphatic carbocycles. The Kier molecular flexibility index (Phi) is 47.8. The molecule has 8 aromatic carbocycles. The number of aryl methyl sites for hydroxylation is 1. The first-order valence-electron chi connectivity index (χ1n) is 36.7. The van der Waals surface area contributed by atoms with E-state index in [1.165, 1.54) is 39.8 Å². The van der Waals surface area contributed by atoms with Crippen molar-refractivity contribution in [3.05, 3.63) is 254 Å². The van der Waals surface area contributed by atoms with E-state index in [4.69, 9.17) is 58.9 Å². The zero-order valence-electron chi connectivity index (χ0n) is 66.1. The van der Waals surface area contributed by atoms with Crippen LogP contribution in [0.25, 0.3) is 0 Å². The van der Waals surface area contributed by atoms with Crippen LogP contribution >= 0.6 is 34.8 Å². The van der Waals surface area contributed by atoms with E-state index in [1.807, 2.05) is 129 Å². The number of hydrogen-bond acceptors (Lipinski definition) is 10. The summed E-state index contributed by atoms with van der Waals surface area (Å²) in [5.41, 5.74) is 11.3. The van der Waals surface area contributed by atoms with Gasteiger partial charge in [-0.3, -0.25) is 9.80 Å². The van der Waals surface area contributed by atoms with E-state index >= 15 is 0 Å². The molecule has 1 atom stereocenters. The van der Waals surface area contributed by atoms with E-state index in [0.717, 1.165) is 114 Å². The van der Waals surface area contributed by atoms with Gasteiger partial charge >= 0.3 is 0 Å². The number of ether oxygens (including phenoxy) is 4. The number of methoxy groups -OCH3 is 3. The Morgan fingerprint density at radius 1 is 0.471 bits per heavy atom. The summed E-state index contributed by atoms with van der Waals surface area (Å²) in [6.45, 7) is 43.7. The summed E-state index contributed by atoms with van der Waals surface area (Å²) in [6.07, 6.45) is 3.53. The van der Waals surface area contributed by atoms with Crippen molar-refractivity contribution in [3.63, 3.8) is 0 Å². The number of β-amino-alcohol motifs (C(OH)–C–C–N with tert-alkyl or cyclic N) is 1. The van der Waals surface area contributed by atoms with Gasteiger partial charge in [0.2, 0.25) is 0 Å². The molecule has 3 N–H and O–H groups in total. The molecule has 0 saturated carbocycles. The Balaban J connectivity index is 0.000000401. The molecule has 0 spiro atoms. The molecule has 10 nitrogen and oxygen atoms in total. The highest BCUT2D eigenvalue weighted by Gasteiger charge is 2.29.